The highest BCUT2D eigenvalue weighted by atomic mass is 32.1. The summed E-state index contributed by atoms with van der Waals surface area (Å²) in [4.78, 5) is 4.69. The van der Waals surface area contributed by atoms with Crippen LogP contribution < -0.4 is 0 Å². The van der Waals surface area contributed by atoms with Crippen molar-refractivity contribution >= 4 is 22.9 Å². The van der Waals surface area contributed by atoms with Crippen molar-refractivity contribution in [3.63, 3.8) is 0 Å². The molecule has 0 N–H and O–H groups in total. The second kappa shape index (κ2) is 4.99. The maximum atomic E-state index is 8.98. The Labute approximate surface area is 96.0 Å². The Morgan fingerprint density at radius 2 is 2.20 bits per heavy atom. The molecule has 78 valence electrons. The number of nitrogens with zero attached hydrogens (tertiary/aromatic N) is 2. The number of rotatable bonds is 2. The molecule has 0 radical (unpaired) electrons. The van der Waals surface area contributed by atoms with Crippen molar-refractivity contribution in [3.8, 4) is 6.07 Å². The number of hydrogen-bond acceptors (Lipinski definition) is 2. The smallest absolute Gasteiger partial charge is 0.143 e. The number of dihydropyridines is 1. The average Bonchev–Trinajstić information content (AvgIpc) is 2.17. The van der Waals surface area contributed by atoms with Gasteiger partial charge in [0.15, 0.2) is 0 Å². The SMILES string of the molecule is C/C=C/CC1C(C)=NC(=S)C(C#N)=C1C. The first-order valence-corrected chi connectivity index (χ1v) is 5.34. The first kappa shape index (κ1) is 11.8. The highest BCUT2D eigenvalue weighted by molar-refractivity contribution is 7.80. The van der Waals surface area contributed by atoms with Gasteiger partial charge in [-0.3, -0.25) is 0 Å². The number of allylic oxidation sites excluding steroid dienone is 3. The van der Waals surface area contributed by atoms with Crippen molar-refractivity contribution < 1.29 is 0 Å². The standard InChI is InChI=1S/C12H14N2S/c1-4-5-6-10-8(2)11(7-13)12(15)14-9(10)3/h4-5,10H,6H2,1-3H3/b5-4+. The minimum Gasteiger partial charge on any atom is -0.244 e. The molecule has 0 aromatic carbocycles. The second-order valence-electron chi connectivity index (χ2n) is 3.59. The van der Waals surface area contributed by atoms with Crippen LogP contribution in [0, 0.1) is 17.2 Å². The van der Waals surface area contributed by atoms with Gasteiger partial charge in [0.25, 0.3) is 0 Å². The minimum absolute atomic E-state index is 0.238. The quantitative estimate of drug-likeness (QED) is 0.527. The fourth-order valence-corrected chi connectivity index (χ4v) is 2.06. The third kappa shape index (κ3) is 2.40. The van der Waals surface area contributed by atoms with Crippen LogP contribution in [0.2, 0.25) is 0 Å². The van der Waals surface area contributed by atoms with Gasteiger partial charge in [0.05, 0.1) is 5.57 Å². The molecule has 0 bridgehead atoms. The van der Waals surface area contributed by atoms with Gasteiger partial charge in [-0.2, -0.15) is 5.26 Å². The molecule has 3 heteroatoms. The second-order valence-corrected chi connectivity index (χ2v) is 3.97. The van der Waals surface area contributed by atoms with Crippen LogP contribution in [0.25, 0.3) is 0 Å². The van der Waals surface area contributed by atoms with Crippen LogP contribution in [-0.4, -0.2) is 10.7 Å². The maximum Gasteiger partial charge on any atom is 0.143 e. The molecule has 1 rings (SSSR count). The summed E-state index contributed by atoms with van der Waals surface area (Å²) in [6.45, 7) is 5.93. The normalized spacial score (nSPS) is 21.9. The van der Waals surface area contributed by atoms with E-state index in [2.05, 4.69) is 17.1 Å². The maximum absolute atomic E-state index is 8.98. The Morgan fingerprint density at radius 3 is 2.73 bits per heavy atom. The van der Waals surface area contributed by atoms with Gasteiger partial charge in [0.2, 0.25) is 0 Å². The van der Waals surface area contributed by atoms with Gasteiger partial charge in [0.1, 0.15) is 11.1 Å². The zero-order chi connectivity index (χ0) is 11.4. The van der Waals surface area contributed by atoms with Gasteiger partial charge in [-0.1, -0.05) is 24.4 Å². The van der Waals surface area contributed by atoms with Gasteiger partial charge >= 0.3 is 0 Å². The van der Waals surface area contributed by atoms with E-state index < -0.39 is 0 Å². The zero-order valence-electron chi connectivity index (χ0n) is 9.24. The van der Waals surface area contributed by atoms with Gasteiger partial charge in [-0.05, 0) is 32.8 Å². The fraction of sp³-hybridized carbons (Fsp3) is 0.417. The molecule has 1 aliphatic heterocycles. The molecule has 2 nitrogen and oxygen atoms in total. The van der Waals surface area contributed by atoms with Crippen LogP contribution >= 0.6 is 12.2 Å². The fourth-order valence-electron chi connectivity index (χ4n) is 1.71. The lowest BCUT2D eigenvalue weighted by Crippen LogP contribution is -2.21. The summed E-state index contributed by atoms with van der Waals surface area (Å²) in [7, 11) is 0. The molecular formula is C12H14N2S. The Kier molecular flexibility index (Phi) is 3.93. The van der Waals surface area contributed by atoms with Crippen molar-refractivity contribution in [1.29, 1.82) is 5.26 Å². The Morgan fingerprint density at radius 1 is 1.53 bits per heavy atom. The molecule has 1 aliphatic rings. The van der Waals surface area contributed by atoms with E-state index in [9.17, 15) is 0 Å². The summed E-state index contributed by atoms with van der Waals surface area (Å²) in [5.74, 6) is 0.238. The molecule has 1 atom stereocenters. The van der Waals surface area contributed by atoms with Crippen LogP contribution in [0.5, 0.6) is 0 Å². The van der Waals surface area contributed by atoms with Crippen LogP contribution in [0.1, 0.15) is 27.2 Å². The summed E-state index contributed by atoms with van der Waals surface area (Å²) < 4.78 is 0. The van der Waals surface area contributed by atoms with Crippen LogP contribution in [0.3, 0.4) is 0 Å². The highest BCUT2D eigenvalue weighted by Gasteiger charge is 2.23. The number of nitriles is 1. The van der Waals surface area contributed by atoms with Crippen molar-refractivity contribution in [2.24, 2.45) is 10.9 Å². The van der Waals surface area contributed by atoms with Crippen LogP contribution in [0.15, 0.2) is 28.3 Å². The largest absolute Gasteiger partial charge is 0.244 e. The molecular weight excluding hydrogens is 204 g/mol. The molecule has 1 unspecified atom stereocenters. The summed E-state index contributed by atoms with van der Waals surface area (Å²) in [6.07, 6.45) is 5.00. The Hall–Kier alpha value is -1.27. The molecule has 0 saturated carbocycles. The topological polar surface area (TPSA) is 36.1 Å². The molecule has 1 heterocycles. The minimum atomic E-state index is 0.238. The van der Waals surface area contributed by atoms with E-state index in [1.54, 1.807) is 0 Å². The highest BCUT2D eigenvalue weighted by Crippen LogP contribution is 2.26. The zero-order valence-corrected chi connectivity index (χ0v) is 10.1. The predicted molar refractivity (Wildman–Crippen MR) is 66.9 cm³/mol. The Balaban J connectivity index is 3.06. The van der Waals surface area contributed by atoms with Crippen molar-refractivity contribution in [3.05, 3.63) is 23.3 Å². The summed E-state index contributed by atoms with van der Waals surface area (Å²) in [6, 6.07) is 2.14. The van der Waals surface area contributed by atoms with E-state index in [-0.39, 0.29) is 5.92 Å². The molecule has 0 fully saturated rings. The lowest BCUT2D eigenvalue weighted by atomic mass is 9.87. The summed E-state index contributed by atoms with van der Waals surface area (Å²) in [5.41, 5.74) is 2.63. The van der Waals surface area contributed by atoms with E-state index in [4.69, 9.17) is 17.5 Å². The van der Waals surface area contributed by atoms with Crippen molar-refractivity contribution in [1.82, 2.24) is 0 Å². The monoisotopic (exact) mass is 218 g/mol. The molecule has 0 spiro atoms. The molecule has 0 aliphatic carbocycles. The van der Waals surface area contributed by atoms with Crippen LogP contribution in [0.4, 0.5) is 0 Å². The lowest BCUT2D eigenvalue weighted by molar-refractivity contribution is 0.806. The number of aliphatic imine (C=N–C) groups is 1. The lowest BCUT2D eigenvalue weighted by Gasteiger charge is -2.21. The Bertz CT molecular complexity index is 408. The molecule has 0 aromatic rings. The number of thiocarbonyl (C=S) groups is 1. The van der Waals surface area contributed by atoms with Gasteiger partial charge in [-0.25, -0.2) is 4.99 Å². The van der Waals surface area contributed by atoms with E-state index in [0.717, 1.165) is 17.7 Å². The summed E-state index contributed by atoms with van der Waals surface area (Å²) >= 11 is 5.06. The van der Waals surface area contributed by atoms with Crippen molar-refractivity contribution in [2.75, 3.05) is 0 Å². The van der Waals surface area contributed by atoms with Crippen molar-refractivity contribution in [2.45, 2.75) is 27.2 Å². The van der Waals surface area contributed by atoms with Gasteiger partial charge in [-0.15, -0.1) is 0 Å². The van der Waals surface area contributed by atoms with E-state index in [1.165, 1.54) is 0 Å². The van der Waals surface area contributed by atoms with Crippen LogP contribution in [-0.2, 0) is 0 Å². The predicted octanol–water partition coefficient (Wildman–Crippen LogP) is 3.21. The number of hydrogen-bond donors (Lipinski definition) is 0. The summed E-state index contributed by atoms with van der Waals surface area (Å²) in [5, 5.41) is 8.98. The van der Waals surface area contributed by atoms with E-state index in [0.29, 0.717) is 10.6 Å². The van der Waals surface area contributed by atoms with Gasteiger partial charge in [0, 0.05) is 11.6 Å². The molecule has 0 saturated heterocycles. The van der Waals surface area contributed by atoms with E-state index >= 15 is 0 Å². The first-order chi connectivity index (χ1) is 7.11. The van der Waals surface area contributed by atoms with E-state index in [1.807, 2.05) is 26.8 Å². The first-order valence-electron chi connectivity index (χ1n) is 4.93. The average molecular weight is 218 g/mol. The third-order valence-corrected chi connectivity index (χ3v) is 2.93. The van der Waals surface area contributed by atoms with Gasteiger partial charge < -0.3 is 0 Å². The molecule has 0 amide bonds. The molecule has 0 aromatic heterocycles. The third-order valence-electron chi connectivity index (χ3n) is 2.63. The molecule has 15 heavy (non-hydrogen) atoms.